The number of para-hydroxylation sites is 3. The Labute approximate surface area is 325 Å². The molecule has 0 amide bonds. The van der Waals surface area contributed by atoms with Crippen molar-refractivity contribution in [3.8, 4) is 44.5 Å². The predicted molar refractivity (Wildman–Crippen MR) is 221 cm³/mol. The molecule has 0 bridgehead atoms. The van der Waals surface area contributed by atoms with E-state index in [0.29, 0.717) is 0 Å². The quantitative estimate of drug-likeness (QED) is 0.136. The summed E-state index contributed by atoms with van der Waals surface area (Å²) in [6.45, 7) is 0. The van der Waals surface area contributed by atoms with E-state index in [1.807, 2.05) is 54.6 Å². The summed E-state index contributed by atoms with van der Waals surface area (Å²) in [5.41, 5.74) is 13.2. The van der Waals surface area contributed by atoms with Crippen LogP contribution in [0.4, 0.5) is 22.7 Å². The molecule has 9 aromatic rings. The SMILES string of the molecule is [W+2].c1ccc([N-]c2ccccc2[N-]c2ccc(-c3c4ccccc4c(-c4ccccc4-c4ccc(-c5ccccc5)cc4)c4ccccc34)cc2)cc1. The van der Waals surface area contributed by atoms with Crippen LogP contribution in [-0.4, -0.2) is 0 Å². The molecule has 0 fully saturated rings. The van der Waals surface area contributed by atoms with Crippen LogP contribution in [0.1, 0.15) is 0 Å². The number of fused-ring (bicyclic) bond motifs is 2. The third-order valence-corrected chi connectivity index (χ3v) is 9.72. The molecule has 0 aromatic heterocycles. The minimum Gasteiger partial charge on any atom is -0.659 e. The molecule has 3 heteroatoms. The van der Waals surface area contributed by atoms with E-state index in [1.165, 1.54) is 60.5 Å². The van der Waals surface area contributed by atoms with E-state index < -0.39 is 0 Å². The first kappa shape index (κ1) is 33.9. The van der Waals surface area contributed by atoms with Gasteiger partial charge in [0.25, 0.3) is 0 Å². The maximum absolute atomic E-state index is 5.02. The Balaban J connectivity index is 0.00000400. The Bertz CT molecular complexity index is 2590. The smallest absolute Gasteiger partial charge is 0.659 e. The molecule has 53 heavy (non-hydrogen) atoms. The predicted octanol–water partition coefficient (Wildman–Crippen LogP) is 15.3. The van der Waals surface area contributed by atoms with Gasteiger partial charge in [-0.2, -0.15) is 11.4 Å². The van der Waals surface area contributed by atoms with Crippen molar-refractivity contribution >= 4 is 44.3 Å². The van der Waals surface area contributed by atoms with Crippen LogP contribution in [-0.2, 0) is 21.1 Å². The molecule has 0 aliphatic rings. The molecule has 0 radical (unpaired) electrons. The maximum atomic E-state index is 5.02. The zero-order chi connectivity index (χ0) is 34.7. The normalized spacial score (nSPS) is 10.9. The van der Waals surface area contributed by atoms with Crippen molar-refractivity contribution in [3.05, 3.63) is 217 Å². The number of benzene rings is 9. The zero-order valence-electron chi connectivity index (χ0n) is 28.9. The fraction of sp³-hybridized carbons (Fsp3) is 0. The first-order chi connectivity index (χ1) is 25.8. The van der Waals surface area contributed by atoms with Gasteiger partial charge >= 0.3 is 21.1 Å². The third kappa shape index (κ3) is 6.78. The van der Waals surface area contributed by atoms with Gasteiger partial charge in [0.1, 0.15) is 0 Å². The van der Waals surface area contributed by atoms with Crippen molar-refractivity contribution in [3.63, 3.8) is 0 Å². The Morgan fingerprint density at radius 2 is 0.623 bits per heavy atom. The molecule has 250 valence electrons. The van der Waals surface area contributed by atoms with E-state index in [-0.39, 0.29) is 21.1 Å². The molecular formula is C50H34N2W. The number of rotatable bonds is 8. The van der Waals surface area contributed by atoms with Gasteiger partial charge in [-0.25, -0.2) is 0 Å². The number of hydrogen-bond donors (Lipinski definition) is 0. The summed E-state index contributed by atoms with van der Waals surface area (Å²) in [6.07, 6.45) is 0. The van der Waals surface area contributed by atoms with Crippen LogP contribution in [0.3, 0.4) is 0 Å². The molecule has 0 saturated carbocycles. The minimum atomic E-state index is 0. The standard InChI is InChI=1S/C50H34N2.W/c1-3-15-35(16-4-1)36-27-29-37(30-28-36)41-19-7-8-20-42(41)50-45-23-11-9-21-43(45)49(44-22-10-12-24-46(44)50)38-31-33-40(34-32-38)52-48-26-14-13-25-47(48)51-39-17-5-2-6-18-39;/h1-34H;/q-2;+2. The van der Waals surface area contributed by atoms with Gasteiger partial charge in [-0.3, -0.25) is 0 Å². The summed E-state index contributed by atoms with van der Waals surface area (Å²) < 4.78 is 0. The Morgan fingerprint density at radius 3 is 1.19 bits per heavy atom. The van der Waals surface area contributed by atoms with Gasteiger partial charge in [0.05, 0.1) is 0 Å². The maximum Gasteiger partial charge on any atom is 2.00 e. The second kappa shape index (κ2) is 15.2. The summed E-state index contributed by atoms with van der Waals surface area (Å²) in [6, 6.07) is 72.7. The summed E-state index contributed by atoms with van der Waals surface area (Å²) in [5.74, 6) is 0. The topological polar surface area (TPSA) is 28.2 Å². The Kier molecular flexibility index (Phi) is 9.71. The van der Waals surface area contributed by atoms with Crippen LogP contribution in [0.25, 0.3) is 76.7 Å². The zero-order valence-corrected chi connectivity index (χ0v) is 31.9. The van der Waals surface area contributed by atoms with Crippen molar-refractivity contribution < 1.29 is 21.1 Å². The van der Waals surface area contributed by atoms with Crippen LogP contribution in [0.5, 0.6) is 0 Å². The molecule has 9 aromatic carbocycles. The van der Waals surface area contributed by atoms with Crippen molar-refractivity contribution in [1.29, 1.82) is 0 Å². The third-order valence-electron chi connectivity index (χ3n) is 9.72. The number of hydrogen-bond acceptors (Lipinski definition) is 0. The van der Waals surface area contributed by atoms with Crippen LogP contribution in [0.2, 0.25) is 0 Å². The Hall–Kier alpha value is -6.21. The van der Waals surface area contributed by atoms with Crippen molar-refractivity contribution in [1.82, 2.24) is 0 Å². The minimum absolute atomic E-state index is 0. The first-order valence-corrected chi connectivity index (χ1v) is 17.7. The largest absolute Gasteiger partial charge is 2.00 e. The summed E-state index contributed by atoms with van der Waals surface area (Å²) in [5, 5.41) is 14.8. The second-order valence-electron chi connectivity index (χ2n) is 12.9. The van der Waals surface area contributed by atoms with Crippen LogP contribution < -0.4 is 0 Å². The van der Waals surface area contributed by atoms with E-state index >= 15 is 0 Å². The number of nitrogens with zero attached hydrogens (tertiary/aromatic N) is 2. The molecule has 0 heterocycles. The van der Waals surface area contributed by atoms with Crippen molar-refractivity contribution in [2.24, 2.45) is 0 Å². The summed E-state index contributed by atoms with van der Waals surface area (Å²) in [4.78, 5) is 0. The van der Waals surface area contributed by atoms with Gasteiger partial charge in [-0.15, -0.1) is 11.4 Å². The van der Waals surface area contributed by atoms with Crippen LogP contribution >= 0.6 is 0 Å². The van der Waals surface area contributed by atoms with E-state index in [1.54, 1.807) is 0 Å². The first-order valence-electron chi connectivity index (χ1n) is 17.7. The molecule has 0 unspecified atom stereocenters. The summed E-state index contributed by atoms with van der Waals surface area (Å²) in [7, 11) is 0. The van der Waals surface area contributed by atoms with E-state index in [9.17, 15) is 0 Å². The molecule has 9 rings (SSSR count). The average molecular weight is 847 g/mol. The molecule has 0 atom stereocenters. The van der Waals surface area contributed by atoms with E-state index in [4.69, 9.17) is 10.6 Å². The molecular weight excluding hydrogens is 812 g/mol. The molecule has 0 N–H and O–H groups in total. The Morgan fingerprint density at radius 1 is 0.245 bits per heavy atom. The molecule has 0 aliphatic heterocycles. The second-order valence-corrected chi connectivity index (χ2v) is 12.9. The molecule has 2 nitrogen and oxygen atoms in total. The van der Waals surface area contributed by atoms with Gasteiger partial charge < -0.3 is 10.6 Å². The fourth-order valence-electron chi connectivity index (χ4n) is 7.29. The van der Waals surface area contributed by atoms with Gasteiger partial charge in [-0.05, 0) is 66.1 Å². The fourth-order valence-corrected chi connectivity index (χ4v) is 7.29. The van der Waals surface area contributed by atoms with Crippen molar-refractivity contribution in [2.45, 2.75) is 0 Å². The summed E-state index contributed by atoms with van der Waals surface area (Å²) >= 11 is 0. The van der Waals surface area contributed by atoms with E-state index in [0.717, 1.165) is 28.3 Å². The van der Waals surface area contributed by atoms with Crippen molar-refractivity contribution in [2.75, 3.05) is 0 Å². The molecule has 0 saturated heterocycles. The average Bonchev–Trinajstić information content (AvgIpc) is 3.22. The van der Waals surface area contributed by atoms with E-state index in [2.05, 4.69) is 152 Å². The molecule has 0 aliphatic carbocycles. The van der Waals surface area contributed by atoms with Crippen LogP contribution in [0.15, 0.2) is 206 Å². The van der Waals surface area contributed by atoms with Crippen LogP contribution in [0, 0.1) is 0 Å². The van der Waals surface area contributed by atoms with Gasteiger partial charge in [0.2, 0.25) is 0 Å². The monoisotopic (exact) mass is 846 g/mol. The van der Waals surface area contributed by atoms with Gasteiger partial charge in [0, 0.05) is 0 Å². The van der Waals surface area contributed by atoms with Gasteiger partial charge in [0.15, 0.2) is 0 Å². The van der Waals surface area contributed by atoms with Gasteiger partial charge in [-0.1, -0.05) is 206 Å². The molecule has 0 spiro atoms.